The normalized spacial score (nSPS) is 20.2. The summed E-state index contributed by atoms with van der Waals surface area (Å²) in [6, 6.07) is 17.2. The Morgan fingerprint density at radius 2 is 1.26 bits per heavy atom. The van der Waals surface area contributed by atoms with Crippen LogP contribution in [0.1, 0.15) is 22.3 Å². The molecule has 0 radical (unpaired) electrons. The third kappa shape index (κ3) is 3.12. The highest BCUT2D eigenvalue weighted by Crippen LogP contribution is 2.14. The Labute approximate surface area is 114 Å². The zero-order chi connectivity index (χ0) is 13.1. The van der Waals surface area contributed by atoms with Crippen LogP contribution >= 0.6 is 0 Å². The van der Waals surface area contributed by atoms with E-state index in [9.17, 15) is 5.11 Å². The summed E-state index contributed by atoms with van der Waals surface area (Å²) >= 11 is 0. The van der Waals surface area contributed by atoms with Gasteiger partial charge in [0.05, 0.1) is 6.10 Å². The summed E-state index contributed by atoms with van der Waals surface area (Å²) in [4.78, 5) is 0. The third-order valence-electron chi connectivity index (χ3n) is 3.66. The van der Waals surface area contributed by atoms with Gasteiger partial charge in [0.2, 0.25) is 0 Å². The molecule has 1 nitrogen and oxygen atoms in total. The third-order valence-corrected chi connectivity index (χ3v) is 3.66. The summed E-state index contributed by atoms with van der Waals surface area (Å²) in [6.45, 7) is 0. The molecule has 0 aromatic heterocycles. The molecule has 19 heavy (non-hydrogen) atoms. The van der Waals surface area contributed by atoms with E-state index in [2.05, 4.69) is 48.5 Å². The van der Waals surface area contributed by atoms with Crippen LogP contribution in [-0.4, -0.2) is 11.2 Å². The van der Waals surface area contributed by atoms with E-state index in [-0.39, 0.29) is 0 Å². The molecule has 2 aromatic carbocycles. The fraction of sp³-hybridized carbons (Fsp3) is 0.222. The van der Waals surface area contributed by atoms with Crippen molar-refractivity contribution in [1.82, 2.24) is 0 Å². The van der Waals surface area contributed by atoms with Crippen LogP contribution in [0.2, 0.25) is 0 Å². The molecule has 1 atom stereocenters. The fourth-order valence-corrected chi connectivity index (χ4v) is 2.46. The number of rotatable bonds is 0. The van der Waals surface area contributed by atoms with Gasteiger partial charge in [0.1, 0.15) is 0 Å². The maximum Gasteiger partial charge on any atom is 0.0764 e. The van der Waals surface area contributed by atoms with Gasteiger partial charge in [-0.25, -0.2) is 0 Å². The van der Waals surface area contributed by atoms with Gasteiger partial charge in [-0.1, -0.05) is 60.7 Å². The Morgan fingerprint density at radius 3 is 1.89 bits per heavy atom. The van der Waals surface area contributed by atoms with E-state index >= 15 is 0 Å². The van der Waals surface area contributed by atoms with Gasteiger partial charge < -0.3 is 5.11 Å². The van der Waals surface area contributed by atoms with E-state index in [0.29, 0.717) is 6.42 Å². The first kappa shape index (κ1) is 12.2. The molecule has 0 heterocycles. The summed E-state index contributed by atoms with van der Waals surface area (Å²) in [7, 11) is 0. The number of hydrogen-bond donors (Lipinski definition) is 1. The molecule has 4 aliphatic rings. The van der Waals surface area contributed by atoms with Crippen molar-refractivity contribution in [3.63, 3.8) is 0 Å². The Hall–Kier alpha value is -1.86. The molecule has 1 heteroatoms. The number of benzene rings is 2. The van der Waals surface area contributed by atoms with Gasteiger partial charge in [0.25, 0.3) is 0 Å². The Kier molecular flexibility index (Phi) is 3.47. The molecule has 0 amide bonds. The Balaban J connectivity index is 1.95. The van der Waals surface area contributed by atoms with E-state index in [1.807, 2.05) is 12.2 Å². The number of hydrogen-bond acceptors (Lipinski definition) is 1. The zero-order valence-electron chi connectivity index (χ0n) is 10.9. The highest BCUT2D eigenvalue weighted by Gasteiger charge is 2.03. The van der Waals surface area contributed by atoms with Crippen molar-refractivity contribution in [3.05, 3.63) is 76.9 Å². The molecule has 4 aliphatic carbocycles. The van der Waals surface area contributed by atoms with Crippen LogP contribution in [0.25, 0.3) is 6.08 Å². The second-order valence-electron chi connectivity index (χ2n) is 5.19. The van der Waals surface area contributed by atoms with Crippen molar-refractivity contribution in [2.45, 2.75) is 25.4 Å². The Bertz CT molecular complexity index is 564. The van der Waals surface area contributed by atoms with Crippen molar-refractivity contribution in [2.75, 3.05) is 0 Å². The highest BCUT2D eigenvalue weighted by atomic mass is 16.3. The van der Waals surface area contributed by atoms with Crippen LogP contribution in [-0.2, 0) is 19.3 Å². The lowest BCUT2D eigenvalue weighted by atomic mass is 9.99. The van der Waals surface area contributed by atoms with Crippen molar-refractivity contribution in [3.8, 4) is 0 Å². The van der Waals surface area contributed by atoms with Crippen LogP contribution in [0.15, 0.2) is 54.6 Å². The monoisotopic (exact) mass is 250 g/mol. The van der Waals surface area contributed by atoms with Crippen molar-refractivity contribution in [2.24, 2.45) is 0 Å². The average molecular weight is 250 g/mol. The first-order valence-corrected chi connectivity index (χ1v) is 6.83. The molecule has 0 saturated heterocycles. The summed E-state index contributed by atoms with van der Waals surface area (Å²) in [6.07, 6.45) is 6.26. The number of aliphatic hydroxyl groups is 1. The molecule has 0 fully saturated rings. The van der Waals surface area contributed by atoms with Crippen LogP contribution < -0.4 is 0 Å². The fourth-order valence-electron chi connectivity index (χ4n) is 2.46. The van der Waals surface area contributed by atoms with E-state index in [1.165, 1.54) is 16.7 Å². The van der Waals surface area contributed by atoms with Gasteiger partial charge in [-0.3, -0.25) is 0 Å². The molecule has 96 valence electrons. The standard InChI is InChI=1S/C18H18O/c19-18-12-11-16-5-3-14(4-6-16)1-2-15-7-9-17(13-18)10-8-15/h3-12,18-19H,1-2,13H2/b12-11-. The van der Waals surface area contributed by atoms with Crippen molar-refractivity contribution >= 4 is 6.08 Å². The number of aliphatic hydroxyl groups excluding tert-OH is 1. The molecular weight excluding hydrogens is 232 g/mol. The Morgan fingerprint density at radius 1 is 0.737 bits per heavy atom. The minimum Gasteiger partial charge on any atom is -0.389 e. The molecule has 0 saturated carbocycles. The predicted octanol–water partition coefficient (Wildman–Crippen LogP) is 3.40. The maximum absolute atomic E-state index is 10.0. The zero-order valence-corrected chi connectivity index (χ0v) is 10.9. The summed E-state index contributed by atoms with van der Waals surface area (Å²) in [5.41, 5.74) is 5.05. The van der Waals surface area contributed by atoms with E-state index < -0.39 is 6.10 Å². The van der Waals surface area contributed by atoms with Gasteiger partial charge in [0, 0.05) is 6.42 Å². The molecule has 1 unspecified atom stereocenters. The van der Waals surface area contributed by atoms with Crippen LogP contribution in [0.5, 0.6) is 0 Å². The van der Waals surface area contributed by atoms with Crippen LogP contribution in [0, 0.1) is 0 Å². The second-order valence-corrected chi connectivity index (χ2v) is 5.19. The highest BCUT2D eigenvalue weighted by molar-refractivity contribution is 5.50. The average Bonchev–Trinajstić information content (AvgIpc) is 2.45. The van der Waals surface area contributed by atoms with Crippen LogP contribution in [0.4, 0.5) is 0 Å². The SMILES string of the molecule is OC1/C=C\c2ccc(cc2)CCc2ccc(cc2)C1. The number of aryl methyl sites for hydroxylation is 2. The molecule has 2 aromatic rings. The predicted molar refractivity (Wildman–Crippen MR) is 79.0 cm³/mol. The van der Waals surface area contributed by atoms with Gasteiger partial charge >= 0.3 is 0 Å². The van der Waals surface area contributed by atoms with Gasteiger partial charge in [-0.05, 0) is 35.1 Å². The molecule has 6 rings (SSSR count). The van der Waals surface area contributed by atoms with Crippen molar-refractivity contribution < 1.29 is 5.11 Å². The lowest BCUT2D eigenvalue weighted by Gasteiger charge is -2.09. The van der Waals surface area contributed by atoms with Crippen molar-refractivity contribution in [1.29, 1.82) is 0 Å². The summed E-state index contributed by atoms with van der Waals surface area (Å²) < 4.78 is 0. The quantitative estimate of drug-likeness (QED) is 0.759. The smallest absolute Gasteiger partial charge is 0.0764 e. The second kappa shape index (κ2) is 5.41. The van der Waals surface area contributed by atoms with E-state index in [0.717, 1.165) is 18.4 Å². The largest absolute Gasteiger partial charge is 0.389 e. The van der Waals surface area contributed by atoms with Crippen LogP contribution in [0.3, 0.4) is 0 Å². The summed E-state index contributed by atoms with van der Waals surface area (Å²) in [5, 5.41) is 10.0. The van der Waals surface area contributed by atoms with E-state index in [1.54, 1.807) is 0 Å². The van der Waals surface area contributed by atoms with Gasteiger partial charge in [0.15, 0.2) is 0 Å². The van der Waals surface area contributed by atoms with E-state index in [4.69, 9.17) is 0 Å². The minimum absolute atomic E-state index is 0.423. The topological polar surface area (TPSA) is 20.2 Å². The molecule has 4 bridgehead atoms. The maximum atomic E-state index is 10.0. The van der Waals surface area contributed by atoms with Gasteiger partial charge in [-0.15, -0.1) is 0 Å². The lowest BCUT2D eigenvalue weighted by molar-refractivity contribution is 0.224. The molecule has 0 spiro atoms. The first-order chi connectivity index (χ1) is 9.29. The summed E-state index contributed by atoms with van der Waals surface area (Å²) in [5.74, 6) is 0. The molecule has 0 aliphatic heterocycles. The minimum atomic E-state index is -0.423. The lowest BCUT2D eigenvalue weighted by Crippen LogP contribution is -2.06. The van der Waals surface area contributed by atoms with Gasteiger partial charge in [-0.2, -0.15) is 0 Å². The molecule has 1 N–H and O–H groups in total. The molecular formula is C18H18O. The first-order valence-electron chi connectivity index (χ1n) is 6.83.